The van der Waals surface area contributed by atoms with Crippen LogP contribution in [0.3, 0.4) is 0 Å². The van der Waals surface area contributed by atoms with Crippen LogP contribution in [0.4, 0.5) is 0 Å². The van der Waals surface area contributed by atoms with Crippen molar-refractivity contribution in [2.45, 2.75) is 6.92 Å². The van der Waals surface area contributed by atoms with Crippen molar-refractivity contribution in [3.05, 3.63) is 75.9 Å². The molecule has 4 aromatic rings. The highest BCUT2D eigenvalue weighted by molar-refractivity contribution is 7.18. The van der Waals surface area contributed by atoms with Gasteiger partial charge in [-0.15, -0.1) is 11.3 Å². The van der Waals surface area contributed by atoms with Crippen LogP contribution in [0.1, 0.15) is 4.88 Å². The number of hydrogen-bond acceptors (Lipinski definition) is 4. The lowest BCUT2D eigenvalue weighted by Gasteiger charge is -2.13. The van der Waals surface area contributed by atoms with E-state index in [1.807, 2.05) is 67.6 Å². The number of methoxy groups -OCH3 is 1. The smallest absolute Gasteiger partial charge is 0.276 e. The van der Waals surface area contributed by atoms with Crippen molar-refractivity contribution in [1.82, 2.24) is 9.55 Å². The van der Waals surface area contributed by atoms with Gasteiger partial charge in [0.15, 0.2) is 0 Å². The Morgan fingerprint density at radius 3 is 2.44 bits per heavy atom. The van der Waals surface area contributed by atoms with E-state index in [4.69, 9.17) is 9.72 Å². The zero-order chi connectivity index (χ0) is 17.4. The predicted molar refractivity (Wildman–Crippen MR) is 102 cm³/mol. The van der Waals surface area contributed by atoms with E-state index < -0.39 is 0 Å². The monoisotopic (exact) mass is 348 g/mol. The molecule has 0 bridgehead atoms. The molecule has 4 rings (SSSR count). The fraction of sp³-hybridized carbons (Fsp3) is 0.100. The van der Waals surface area contributed by atoms with Crippen LogP contribution in [0.25, 0.3) is 27.3 Å². The van der Waals surface area contributed by atoms with Gasteiger partial charge < -0.3 is 4.74 Å². The number of nitrogens with zero attached hydrogens (tertiary/aromatic N) is 2. The molecule has 4 nitrogen and oxygen atoms in total. The van der Waals surface area contributed by atoms with Gasteiger partial charge in [-0.2, -0.15) is 0 Å². The van der Waals surface area contributed by atoms with E-state index >= 15 is 0 Å². The first-order chi connectivity index (χ1) is 12.2. The number of hydrogen-bond donors (Lipinski definition) is 0. The lowest BCUT2D eigenvalue weighted by molar-refractivity contribution is 0.414. The maximum absolute atomic E-state index is 13.2. The molecular weight excluding hydrogens is 332 g/mol. The van der Waals surface area contributed by atoms with Crippen LogP contribution in [0.15, 0.2) is 65.5 Å². The van der Waals surface area contributed by atoms with E-state index in [0.717, 1.165) is 27.4 Å². The van der Waals surface area contributed by atoms with Crippen LogP contribution in [-0.4, -0.2) is 16.7 Å². The summed E-state index contributed by atoms with van der Waals surface area (Å²) in [4.78, 5) is 19.1. The third kappa shape index (κ3) is 2.72. The summed E-state index contributed by atoms with van der Waals surface area (Å²) in [5, 5.41) is 0. The highest BCUT2D eigenvalue weighted by Gasteiger charge is 2.16. The quantitative estimate of drug-likeness (QED) is 0.550. The number of aryl methyl sites for hydroxylation is 1. The zero-order valence-corrected chi connectivity index (χ0v) is 14.7. The maximum atomic E-state index is 13.2. The van der Waals surface area contributed by atoms with Crippen molar-refractivity contribution in [3.63, 3.8) is 0 Å². The summed E-state index contributed by atoms with van der Waals surface area (Å²) in [5.41, 5.74) is 2.37. The van der Waals surface area contributed by atoms with Crippen molar-refractivity contribution in [2.75, 3.05) is 7.11 Å². The lowest BCUT2D eigenvalue weighted by Crippen LogP contribution is -2.21. The largest absolute Gasteiger partial charge is 0.497 e. The highest BCUT2D eigenvalue weighted by atomic mass is 32.1. The maximum Gasteiger partial charge on any atom is 0.276 e. The number of ether oxygens (including phenoxy) is 1. The Kier molecular flexibility index (Phi) is 3.86. The molecule has 0 spiro atoms. The topological polar surface area (TPSA) is 44.1 Å². The Hall–Kier alpha value is -2.92. The molecule has 0 saturated heterocycles. The number of fused-ring (bicyclic) bond motifs is 1. The Balaban J connectivity index is 2.06. The van der Waals surface area contributed by atoms with Gasteiger partial charge in [-0.3, -0.25) is 9.36 Å². The van der Waals surface area contributed by atoms with Gasteiger partial charge in [0.1, 0.15) is 16.3 Å². The van der Waals surface area contributed by atoms with Gasteiger partial charge >= 0.3 is 0 Å². The minimum atomic E-state index is -0.0490. The van der Waals surface area contributed by atoms with Crippen LogP contribution in [0.5, 0.6) is 5.75 Å². The molecule has 0 aliphatic rings. The number of aromatic nitrogens is 2. The molecule has 0 unspecified atom stereocenters. The van der Waals surface area contributed by atoms with Crippen molar-refractivity contribution in [3.8, 4) is 22.8 Å². The summed E-state index contributed by atoms with van der Waals surface area (Å²) in [6, 6.07) is 19.2. The van der Waals surface area contributed by atoms with Crippen molar-refractivity contribution >= 4 is 21.6 Å². The molecule has 0 radical (unpaired) electrons. The summed E-state index contributed by atoms with van der Waals surface area (Å²) < 4.78 is 7.57. The molecule has 2 heterocycles. The van der Waals surface area contributed by atoms with Gasteiger partial charge in [0.05, 0.1) is 18.3 Å². The summed E-state index contributed by atoms with van der Waals surface area (Å²) in [6.45, 7) is 1.99. The lowest BCUT2D eigenvalue weighted by atomic mass is 10.2. The van der Waals surface area contributed by atoms with E-state index in [-0.39, 0.29) is 5.56 Å². The minimum absolute atomic E-state index is 0.0490. The molecule has 0 atom stereocenters. The summed E-state index contributed by atoms with van der Waals surface area (Å²) in [7, 11) is 1.62. The van der Waals surface area contributed by atoms with E-state index in [2.05, 4.69) is 0 Å². The summed E-state index contributed by atoms with van der Waals surface area (Å²) in [5.74, 6) is 1.39. The van der Waals surface area contributed by atoms with Gasteiger partial charge in [0.25, 0.3) is 5.56 Å². The summed E-state index contributed by atoms with van der Waals surface area (Å²) >= 11 is 1.48. The molecule has 0 aliphatic carbocycles. The van der Waals surface area contributed by atoms with Gasteiger partial charge in [-0.05, 0) is 37.3 Å². The Labute approximate surface area is 149 Å². The average molecular weight is 348 g/mol. The normalized spacial score (nSPS) is 11.0. The molecule has 124 valence electrons. The molecular formula is C20H16N2O2S. The zero-order valence-electron chi connectivity index (χ0n) is 13.9. The van der Waals surface area contributed by atoms with Crippen LogP contribution < -0.4 is 10.3 Å². The third-order valence-electron chi connectivity index (χ3n) is 4.03. The molecule has 2 aromatic carbocycles. The van der Waals surface area contributed by atoms with E-state index in [9.17, 15) is 4.79 Å². The van der Waals surface area contributed by atoms with E-state index in [1.54, 1.807) is 11.7 Å². The minimum Gasteiger partial charge on any atom is -0.497 e. The Morgan fingerprint density at radius 2 is 1.76 bits per heavy atom. The number of benzene rings is 2. The first-order valence-corrected chi connectivity index (χ1v) is 8.72. The number of thiophene rings is 1. The highest BCUT2D eigenvalue weighted by Crippen LogP contribution is 2.26. The first kappa shape index (κ1) is 15.6. The molecule has 0 amide bonds. The molecule has 5 heteroatoms. The fourth-order valence-electron chi connectivity index (χ4n) is 2.85. The second-order valence-corrected chi connectivity index (χ2v) is 6.97. The third-order valence-corrected chi connectivity index (χ3v) is 5.06. The van der Waals surface area contributed by atoms with Crippen LogP contribution >= 0.6 is 11.3 Å². The molecule has 0 saturated carbocycles. The first-order valence-electron chi connectivity index (χ1n) is 7.90. The van der Waals surface area contributed by atoms with Gasteiger partial charge in [0.2, 0.25) is 0 Å². The molecule has 25 heavy (non-hydrogen) atoms. The second kappa shape index (κ2) is 6.18. The van der Waals surface area contributed by atoms with Crippen LogP contribution in [0.2, 0.25) is 0 Å². The van der Waals surface area contributed by atoms with Crippen molar-refractivity contribution < 1.29 is 4.74 Å². The van der Waals surface area contributed by atoms with Gasteiger partial charge in [-0.1, -0.05) is 30.3 Å². The standard InChI is InChI=1S/C20H16N2O2S/c1-13-12-17-18(25-13)20(23)22(15-8-10-16(24-2)11-9-15)19(21-17)14-6-4-3-5-7-14/h3-12H,1-2H3. The van der Waals surface area contributed by atoms with E-state index in [1.165, 1.54) is 11.3 Å². The number of rotatable bonds is 3. The molecule has 0 N–H and O–H groups in total. The second-order valence-electron chi connectivity index (χ2n) is 5.71. The molecule has 0 aliphatic heterocycles. The van der Waals surface area contributed by atoms with Gasteiger partial charge in [-0.25, -0.2) is 4.98 Å². The van der Waals surface area contributed by atoms with Crippen LogP contribution in [0, 0.1) is 6.92 Å². The molecule has 2 aromatic heterocycles. The Morgan fingerprint density at radius 1 is 1.04 bits per heavy atom. The Bertz CT molecular complexity index is 1100. The fourth-order valence-corrected chi connectivity index (χ4v) is 3.73. The average Bonchev–Trinajstić information content (AvgIpc) is 3.03. The predicted octanol–water partition coefficient (Wildman–Crippen LogP) is 4.43. The molecule has 0 fully saturated rings. The summed E-state index contributed by atoms with van der Waals surface area (Å²) in [6.07, 6.45) is 0. The van der Waals surface area contributed by atoms with Gasteiger partial charge in [0, 0.05) is 10.4 Å². The van der Waals surface area contributed by atoms with Crippen molar-refractivity contribution in [1.29, 1.82) is 0 Å². The van der Waals surface area contributed by atoms with E-state index in [0.29, 0.717) is 10.5 Å². The van der Waals surface area contributed by atoms with Crippen LogP contribution in [-0.2, 0) is 0 Å². The SMILES string of the molecule is COc1ccc(-n2c(-c3ccccc3)nc3cc(C)sc3c2=O)cc1. The van der Waals surface area contributed by atoms with Crippen molar-refractivity contribution in [2.24, 2.45) is 0 Å².